The molecule has 0 bridgehead atoms. The van der Waals surface area contributed by atoms with Crippen LogP contribution in [0.5, 0.6) is 0 Å². The molecule has 0 spiro atoms. The minimum atomic E-state index is -3.52. The van der Waals surface area contributed by atoms with E-state index in [-0.39, 0.29) is 30.7 Å². The minimum absolute atomic E-state index is 0.156. The second-order valence-corrected chi connectivity index (χ2v) is 9.20. The van der Waals surface area contributed by atoms with Crippen molar-refractivity contribution in [3.8, 4) is 0 Å². The van der Waals surface area contributed by atoms with Crippen molar-refractivity contribution in [2.24, 2.45) is 5.92 Å². The fraction of sp³-hybridized carbons (Fsp3) is 0.625. The van der Waals surface area contributed by atoms with Crippen molar-refractivity contribution in [3.63, 3.8) is 0 Å². The van der Waals surface area contributed by atoms with Crippen LogP contribution >= 0.6 is 0 Å². The summed E-state index contributed by atoms with van der Waals surface area (Å²) in [5.41, 5.74) is 0.760. The average Bonchev–Trinajstić information content (AvgIpc) is 2.96. The standard InChI is InChI=1S/C16H21F2N5O2S/c1-23(15-13-2-3-19-14(13)20-9-21-15)12-4-11(5-12)22-26(24,25)8-10-6-16(17,18)7-10/h2-3,9-12,22H,4-8H2,1H3,(H,19,20,21). The number of halogens is 2. The number of H-pyrrole nitrogens is 1. The molecule has 10 heteroatoms. The summed E-state index contributed by atoms with van der Waals surface area (Å²) < 4.78 is 52.6. The second kappa shape index (κ2) is 6.12. The largest absolute Gasteiger partial charge is 0.356 e. The number of hydrogen-bond donors (Lipinski definition) is 2. The number of nitrogens with one attached hydrogen (secondary N) is 2. The fourth-order valence-electron chi connectivity index (χ4n) is 3.83. The lowest BCUT2D eigenvalue weighted by Crippen LogP contribution is -2.54. The van der Waals surface area contributed by atoms with Gasteiger partial charge in [0, 0.05) is 38.2 Å². The van der Waals surface area contributed by atoms with Gasteiger partial charge >= 0.3 is 0 Å². The molecule has 2 aliphatic carbocycles. The van der Waals surface area contributed by atoms with Crippen LogP contribution in [-0.4, -0.2) is 54.2 Å². The molecule has 0 radical (unpaired) electrons. The Bertz CT molecular complexity index is 902. The van der Waals surface area contributed by atoms with Gasteiger partial charge in [0.25, 0.3) is 0 Å². The molecule has 0 saturated heterocycles. The lowest BCUT2D eigenvalue weighted by molar-refractivity contribution is -0.103. The second-order valence-electron chi connectivity index (χ2n) is 7.40. The highest BCUT2D eigenvalue weighted by Gasteiger charge is 2.47. The summed E-state index contributed by atoms with van der Waals surface area (Å²) in [4.78, 5) is 13.6. The number of aromatic amines is 1. The Morgan fingerprint density at radius 2 is 2.08 bits per heavy atom. The molecule has 2 heterocycles. The van der Waals surface area contributed by atoms with E-state index in [0.29, 0.717) is 12.8 Å². The van der Waals surface area contributed by atoms with Gasteiger partial charge in [0.15, 0.2) is 0 Å². The Labute approximate surface area is 150 Å². The van der Waals surface area contributed by atoms with Crippen LogP contribution in [0.25, 0.3) is 11.0 Å². The third kappa shape index (κ3) is 3.39. The van der Waals surface area contributed by atoms with E-state index < -0.39 is 21.9 Å². The molecule has 26 heavy (non-hydrogen) atoms. The molecule has 0 aliphatic heterocycles. The third-order valence-corrected chi connectivity index (χ3v) is 6.91. The van der Waals surface area contributed by atoms with Gasteiger partial charge in [-0.1, -0.05) is 0 Å². The Kier molecular flexibility index (Phi) is 4.14. The van der Waals surface area contributed by atoms with Crippen molar-refractivity contribution in [2.45, 2.75) is 43.7 Å². The SMILES string of the molecule is CN(c1ncnc2[nH]ccc12)C1CC(NS(=O)(=O)CC2CC(F)(F)C2)C1. The zero-order valence-electron chi connectivity index (χ0n) is 14.3. The first-order valence-electron chi connectivity index (χ1n) is 8.61. The molecule has 0 aromatic carbocycles. The molecule has 2 saturated carbocycles. The van der Waals surface area contributed by atoms with E-state index in [9.17, 15) is 17.2 Å². The number of nitrogens with zero attached hydrogens (tertiary/aromatic N) is 3. The van der Waals surface area contributed by atoms with Gasteiger partial charge in [-0.3, -0.25) is 0 Å². The summed E-state index contributed by atoms with van der Waals surface area (Å²) in [5, 5.41) is 0.921. The monoisotopic (exact) mass is 385 g/mol. The maximum absolute atomic E-state index is 12.9. The lowest BCUT2D eigenvalue weighted by Gasteiger charge is -2.42. The molecular formula is C16H21F2N5O2S. The predicted molar refractivity (Wildman–Crippen MR) is 93.7 cm³/mol. The summed E-state index contributed by atoms with van der Waals surface area (Å²) in [6, 6.07) is 1.93. The number of aromatic nitrogens is 3. The molecule has 2 aromatic rings. The quantitative estimate of drug-likeness (QED) is 0.792. The maximum Gasteiger partial charge on any atom is 0.248 e. The van der Waals surface area contributed by atoms with E-state index in [0.717, 1.165) is 16.9 Å². The third-order valence-electron chi connectivity index (χ3n) is 5.30. The minimum Gasteiger partial charge on any atom is -0.356 e. The van der Waals surface area contributed by atoms with Gasteiger partial charge in [0.2, 0.25) is 15.9 Å². The smallest absolute Gasteiger partial charge is 0.248 e. The zero-order chi connectivity index (χ0) is 18.5. The van der Waals surface area contributed by atoms with Crippen LogP contribution < -0.4 is 9.62 Å². The summed E-state index contributed by atoms with van der Waals surface area (Å²) in [6.07, 6.45) is 3.96. The molecular weight excluding hydrogens is 364 g/mol. The van der Waals surface area contributed by atoms with Gasteiger partial charge < -0.3 is 9.88 Å². The summed E-state index contributed by atoms with van der Waals surface area (Å²) in [6.45, 7) is 0. The van der Waals surface area contributed by atoms with Crippen LogP contribution in [-0.2, 0) is 10.0 Å². The van der Waals surface area contributed by atoms with Crippen LogP contribution in [0.15, 0.2) is 18.6 Å². The Morgan fingerprint density at radius 1 is 1.35 bits per heavy atom. The fourth-order valence-corrected chi connectivity index (χ4v) is 5.48. The Morgan fingerprint density at radius 3 is 2.77 bits per heavy atom. The highest BCUT2D eigenvalue weighted by Crippen LogP contribution is 2.43. The van der Waals surface area contributed by atoms with Crippen LogP contribution in [0, 0.1) is 5.92 Å². The van der Waals surface area contributed by atoms with Crippen molar-refractivity contribution in [1.29, 1.82) is 0 Å². The van der Waals surface area contributed by atoms with Crippen LogP contribution in [0.4, 0.5) is 14.6 Å². The molecule has 4 rings (SSSR count). The molecule has 2 N–H and O–H groups in total. The van der Waals surface area contributed by atoms with E-state index in [2.05, 4.69) is 19.7 Å². The number of alkyl halides is 2. The van der Waals surface area contributed by atoms with Gasteiger partial charge in [-0.2, -0.15) is 0 Å². The first kappa shape index (κ1) is 17.6. The van der Waals surface area contributed by atoms with Gasteiger partial charge in [-0.15, -0.1) is 0 Å². The van der Waals surface area contributed by atoms with E-state index >= 15 is 0 Å². The average molecular weight is 385 g/mol. The first-order valence-corrected chi connectivity index (χ1v) is 10.3. The molecule has 0 unspecified atom stereocenters. The van der Waals surface area contributed by atoms with Gasteiger partial charge in [0.05, 0.1) is 11.1 Å². The van der Waals surface area contributed by atoms with Crippen molar-refractivity contribution < 1.29 is 17.2 Å². The zero-order valence-corrected chi connectivity index (χ0v) is 15.1. The van der Waals surface area contributed by atoms with Crippen LogP contribution in [0.2, 0.25) is 0 Å². The van der Waals surface area contributed by atoms with Crippen molar-refractivity contribution >= 4 is 26.9 Å². The van der Waals surface area contributed by atoms with E-state index in [1.807, 2.05) is 18.0 Å². The number of hydrogen-bond acceptors (Lipinski definition) is 5. The highest BCUT2D eigenvalue weighted by molar-refractivity contribution is 7.89. The molecule has 2 fully saturated rings. The predicted octanol–water partition coefficient (Wildman–Crippen LogP) is 1.89. The van der Waals surface area contributed by atoms with Crippen molar-refractivity contribution in [1.82, 2.24) is 19.7 Å². The van der Waals surface area contributed by atoms with Gasteiger partial charge in [-0.25, -0.2) is 31.9 Å². The molecule has 142 valence electrons. The number of anilines is 1. The summed E-state index contributed by atoms with van der Waals surface area (Å²) in [5.74, 6) is -2.54. The van der Waals surface area contributed by atoms with Crippen molar-refractivity contribution in [3.05, 3.63) is 18.6 Å². The van der Waals surface area contributed by atoms with Gasteiger partial charge in [0.1, 0.15) is 17.8 Å². The Hall–Kier alpha value is -1.81. The number of rotatable bonds is 6. The van der Waals surface area contributed by atoms with E-state index in [4.69, 9.17) is 0 Å². The molecule has 2 aliphatic rings. The molecule has 7 nitrogen and oxygen atoms in total. The van der Waals surface area contributed by atoms with Crippen molar-refractivity contribution in [2.75, 3.05) is 17.7 Å². The van der Waals surface area contributed by atoms with Crippen LogP contribution in [0.1, 0.15) is 25.7 Å². The lowest BCUT2D eigenvalue weighted by atomic mass is 9.83. The maximum atomic E-state index is 12.9. The summed E-state index contributed by atoms with van der Waals surface area (Å²) >= 11 is 0. The number of fused-ring (bicyclic) bond motifs is 1. The van der Waals surface area contributed by atoms with Crippen LogP contribution in [0.3, 0.4) is 0 Å². The highest BCUT2D eigenvalue weighted by atomic mass is 32.2. The van der Waals surface area contributed by atoms with E-state index in [1.54, 1.807) is 6.20 Å². The topological polar surface area (TPSA) is 91.0 Å². The molecule has 0 amide bonds. The molecule has 0 atom stereocenters. The van der Waals surface area contributed by atoms with Gasteiger partial charge in [-0.05, 0) is 24.8 Å². The normalized spacial score (nSPS) is 25.7. The first-order chi connectivity index (χ1) is 12.2. The van der Waals surface area contributed by atoms with E-state index in [1.165, 1.54) is 6.33 Å². The summed E-state index contributed by atoms with van der Waals surface area (Å²) in [7, 11) is -1.59. The molecule has 2 aromatic heterocycles. The Balaban J connectivity index is 1.32. The number of sulfonamides is 1.